The van der Waals surface area contributed by atoms with Gasteiger partial charge in [-0.1, -0.05) is 18.2 Å². The summed E-state index contributed by atoms with van der Waals surface area (Å²) < 4.78 is 11.0. The van der Waals surface area contributed by atoms with Crippen molar-refractivity contribution in [3.8, 4) is 5.75 Å². The molecule has 1 aromatic heterocycles. The number of aryl methyl sites for hydroxylation is 1. The minimum Gasteiger partial charge on any atom is -0.496 e. The lowest BCUT2D eigenvalue weighted by Gasteiger charge is -2.34. The van der Waals surface area contributed by atoms with Gasteiger partial charge >= 0.3 is 0 Å². The van der Waals surface area contributed by atoms with Gasteiger partial charge in [-0.3, -0.25) is 9.89 Å². The Labute approximate surface area is 171 Å². The highest BCUT2D eigenvalue weighted by Crippen LogP contribution is 2.25. The summed E-state index contributed by atoms with van der Waals surface area (Å²) in [7, 11) is 3.51. The number of hydrogen-bond donors (Lipinski definition) is 2. The van der Waals surface area contributed by atoms with Crippen LogP contribution in [0.5, 0.6) is 5.75 Å². The second kappa shape index (κ2) is 10.5. The maximum Gasteiger partial charge on any atom is 0.191 e. The molecule has 28 heavy (non-hydrogen) atoms. The van der Waals surface area contributed by atoms with E-state index in [-0.39, 0.29) is 0 Å². The number of aliphatic imine (C=N–C) groups is 1. The molecule has 1 aliphatic heterocycles. The molecule has 152 valence electrons. The molecule has 1 fully saturated rings. The highest BCUT2D eigenvalue weighted by molar-refractivity contribution is 7.10. The van der Waals surface area contributed by atoms with Crippen LogP contribution in [-0.2, 0) is 11.3 Å². The first-order valence-corrected chi connectivity index (χ1v) is 10.5. The van der Waals surface area contributed by atoms with Crippen molar-refractivity contribution in [3.63, 3.8) is 0 Å². The molecule has 1 unspecified atom stereocenters. The number of rotatable bonds is 7. The van der Waals surface area contributed by atoms with E-state index < -0.39 is 0 Å². The molecule has 7 heteroatoms. The minimum absolute atomic E-state index is 0.316. The van der Waals surface area contributed by atoms with Crippen molar-refractivity contribution in [2.45, 2.75) is 19.5 Å². The molecule has 1 atom stereocenters. The van der Waals surface area contributed by atoms with Gasteiger partial charge in [0.25, 0.3) is 0 Å². The van der Waals surface area contributed by atoms with Crippen molar-refractivity contribution in [2.75, 3.05) is 47.0 Å². The van der Waals surface area contributed by atoms with Crippen molar-refractivity contribution in [1.82, 2.24) is 15.5 Å². The van der Waals surface area contributed by atoms with Crippen LogP contribution in [-0.4, -0.2) is 57.9 Å². The molecule has 3 rings (SSSR count). The Morgan fingerprint density at radius 2 is 2.11 bits per heavy atom. The average molecular weight is 403 g/mol. The number of nitrogens with zero attached hydrogens (tertiary/aromatic N) is 2. The van der Waals surface area contributed by atoms with Gasteiger partial charge in [0.05, 0.1) is 26.4 Å². The summed E-state index contributed by atoms with van der Waals surface area (Å²) in [5.74, 6) is 1.69. The van der Waals surface area contributed by atoms with Crippen LogP contribution >= 0.6 is 11.3 Å². The van der Waals surface area contributed by atoms with Crippen LogP contribution in [0, 0.1) is 6.92 Å². The summed E-state index contributed by atoms with van der Waals surface area (Å²) in [6.45, 7) is 7.02. The first kappa shape index (κ1) is 20.6. The van der Waals surface area contributed by atoms with Crippen molar-refractivity contribution < 1.29 is 9.47 Å². The SMILES string of the molecule is CN=C(NCc1ccc(C)cc1OC)NCC(c1cccs1)N1CCOCC1. The van der Waals surface area contributed by atoms with E-state index in [0.29, 0.717) is 12.6 Å². The number of guanidine groups is 1. The molecule has 0 saturated carbocycles. The molecular formula is C21H30N4O2S. The standard InChI is InChI=1S/C21H30N4O2S/c1-16-6-7-17(19(13-16)26-3)14-23-21(22-2)24-15-18(20-5-4-12-28-20)25-8-10-27-11-9-25/h4-7,12-13,18H,8-11,14-15H2,1-3H3,(H2,22,23,24). The summed E-state index contributed by atoms with van der Waals surface area (Å²) in [5.41, 5.74) is 2.30. The van der Waals surface area contributed by atoms with Crippen molar-refractivity contribution >= 4 is 17.3 Å². The molecule has 2 aromatic rings. The Morgan fingerprint density at radius 1 is 1.29 bits per heavy atom. The Balaban J connectivity index is 1.60. The molecule has 0 aliphatic carbocycles. The fraction of sp³-hybridized carbons (Fsp3) is 0.476. The summed E-state index contributed by atoms with van der Waals surface area (Å²) in [4.78, 5) is 8.24. The van der Waals surface area contributed by atoms with Crippen LogP contribution in [0.2, 0.25) is 0 Å². The number of hydrogen-bond acceptors (Lipinski definition) is 5. The number of benzene rings is 1. The van der Waals surface area contributed by atoms with E-state index in [1.165, 1.54) is 10.4 Å². The molecule has 1 saturated heterocycles. The minimum atomic E-state index is 0.316. The molecule has 1 aromatic carbocycles. The van der Waals surface area contributed by atoms with Crippen molar-refractivity contribution in [3.05, 3.63) is 51.7 Å². The second-order valence-electron chi connectivity index (χ2n) is 6.80. The lowest BCUT2D eigenvalue weighted by Crippen LogP contribution is -2.46. The molecule has 2 N–H and O–H groups in total. The van der Waals surface area contributed by atoms with Gasteiger partial charge in [0, 0.05) is 43.7 Å². The monoisotopic (exact) mass is 402 g/mol. The molecule has 1 aliphatic rings. The maximum atomic E-state index is 5.53. The lowest BCUT2D eigenvalue weighted by molar-refractivity contribution is 0.0177. The van der Waals surface area contributed by atoms with Crippen LogP contribution in [0.4, 0.5) is 0 Å². The fourth-order valence-electron chi connectivity index (χ4n) is 3.37. The van der Waals surface area contributed by atoms with E-state index in [9.17, 15) is 0 Å². The highest BCUT2D eigenvalue weighted by Gasteiger charge is 2.23. The third-order valence-electron chi connectivity index (χ3n) is 4.93. The number of thiophene rings is 1. The zero-order valence-electron chi connectivity index (χ0n) is 16.9. The van der Waals surface area contributed by atoms with E-state index in [4.69, 9.17) is 9.47 Å². The van der Waals surface area contributed by atoms with Gasteiger partial charge in [-0.15, -0.1) is 11.3 Å². The van der Waals surface area contributed by atoms with Gasteiger partial charge in [0.1, 0.15) is 5.75 Å². The molecular weight excluding hydrogens is 372 g/mol. The normalized spacial score (nSPS) is 16.6. The fourth-order valence-corrected chi connectivity index (χ4v) is 4.23. The summed E-state index contributed by atoms with van der Waals surface area (Å²) in [6, 6.07) is 10.9. The van der Waals surface area contributed by atoms with E-state index in [2.05, 4.69) is 63.2 Å². The van der Waals surface area contributed by atoms with Crippen molar-refractivity contribution in [2.24, 2.45) is 4.99 Å². The third-order valence-corrected chi connectivity index (χ3v) is 5.91. The highest BCUT2D eigenvalue weighted by atomic mass is 32.1. The molecule has 0 radical (unpaired) electrons. The summed E-state index contributed by atoms with van der Waals surface area (Å²) in [6.07, 6.45) is 0. The second-order valence-corrected chi connectivity index (χ2v) is 7.78. The molecule has 0 bridgehead atoms. The summed E-state index contributed by atoms with van der Waals surface area (Å²) in [5, 5.41) is 9.04. The zero-order chi connectivity index (χ0) is 19.8. The first-order valence-electron chi connectivity index (χ1n) is 9.64. The van der Waals surface area contributed by atoms with E-state index >= 15 is 0 Å². The Bertz CT molecular complexity index is 758. The number of morpholine rings is 1. The zero-order valence-corrected chi connectivity index (χ0v) is 17.7. The molecule has 6 nitrogen and oxygen atoms in total. The van der Waals surface area contributed by atoms with Gasteiger partial charge in [-0.2, -0.15) is 0 Å². The summed E-state index contributed by atoms with van der Waals surface area (Å²) >= 11 is 1.80. The average Bonchev–Trinajstić information content (AvgIpc) is 3.26. The number of nitrogens with one attached hydrogen (secondary N) is 2. The van der Waals surface area contributed by atoms with Crippen LogP contribution in [0.3, 0.4) is 0 Å². The third kappa shape index (κ3) is 5.47. The molecule has 0 amide bonds. The Morgan fingerprint density at radius 3 is 2.79 bits per heavy atom. The van der Waals surface area contributed by atoms with E-state index in [1.54, 1.807) is 25.5 Å². The van der Waals surface area contributed by atoms with Gasteiger partial charge in [-0.05, 0) is 30.0 Å². The van der Waals surface area contributed by atoms with Gasteiger partial charge < -0.3 is 20.1 Å². The molecule has 2 heterocycles. The predicted octanol–water partition coefficient (Wildman–Crippen LogP) is 2.80. The topological polar surface area (TPSA) is 58.1 Å². The van der Waals surface area contributed by atoms with Crippen LogP contribution in [0.25, 0.3) is 0 Å². The Kier molecular flexibility index (Phi) is 7.71. The van der Waals surface area contributed by atoms with E-state index in [1.807, 2.05) is 0 Å². The van der Waals surface area contributed by atoms with Gasteiger partial charge in [-0.25, -0.2) is 0 Å². The van der Waals surface area contributed by atoms with Gasteiger partial charge in [0.2, 0.25) is 0 Å². The Hall–Kier alpha value is -2.09. The number of methoxy groups -OCH3 is 1. The predicted molar refractivity (Wildman–Crippen MR) is 115 cm³/mol. The van der Waals surface area contributed by atoms with Crippen LogP contribution < -0.4 is 15.4 Å². The van der Waals surface area contributed by atoms with Crippen molar-refractivity contribution in [1.29, 1.82) is 0 Å². The van der Waals surface area contributed by atoms with Crippen LogP contribution in [0.1, 0.15) is 22.0 Å². The largest absolute Gasteiger partial charge is 0.496 e. The first-order chi connectivity index (χ1) is 13.7. The van der Waals surface area contributed by atoms with E-state index in [0.717, 1.165) is 50.1 Å². The maximum absolute atomic E-state index is 5.53. The van der Waals surface area contributed by atoms with Gasteiger partial charge in [0.15, 0.2) is 5.96 Å². The smallest absolute Gasteiger partial charge is 0.191 e. The number of ether oxygens (including phenoxy) is 2. The lowest BCUT2D eigenvalue weighted by atomic mass is 10.1. The van der Waals surface area contributed by atoms with Crippen LogP contribution in [0.15, 0.2) is 40.7 Å². The molecule has 0 spiro atoms. The quantitative estimate of drug-likeness (QED) is 0.551.